The first kappa shape index (κ1) is 19.1. The number of carbonyl (C=O) groups is 1. The fourth-order valence-electron chi connectivity index (χ4n) is 2.06. The molecule has 7 heteroatoms. The van der Waals surface area contributed by atoms with Crippen molar-refractivity contribution in [2.75, 3.05) is 13.4 Å². The van der Waals surface area contributed by atoms with Gasteiger partial charge in [-0.05, 0) is 29.5 Å². The summed E-state index contributed by atoms with van der Waals surface area (Å²) in [6, 6.07) is 11.1. The molecule has 1 aromatic carbocycles. The molecule has 0 fully saturated rings. The maximum Gasteiger partial charge on any atom is 0.339 e. The zero-order chi connectivity index (χ0) is 18.1. The van der Waals surface area contributed by atoms with Crippen LogP contribution in [0.3, 0.4) is 0 Å². The van der Waals surface area contributed by atoms with E-state index >= 15 is 0 Å². The van der Waals surface area contributed by atoms with Gasteiger partial charge in [0.15, 0.2) is 0 Å². The van der Waals surface area contributed by atoms with Crippen LogP contribution in [0.15, 0.2) is 60.0 Å². The van der Waals surface area contributed by atoms with Gasteiger partial charge in [0, 0.05) is 11.9 Å². The second-order valence-corrected chi connectivity index (χ2v) is 6.83. The van der Waals surface area contributed by atoms with Crippen LogP contribution >= 0.6 is 23.5 Å². The van der Waals surface area contributed by atoms with E-state index in [1.165, 1.54) is 13.4 Å². The van der Waals surface area contributed by atoms with Crippen LogP contribution in [0, 0.1) is 0 Å². The lowest BCUT2D eigenvalue weighted by Crippen LogP contribution is -2.03. The third-order valence-electron chi connectivity index (χ3n) is 3.17. The van der Waals surface area contributed by atoms with Gasteiger partial charge in [0.2, 0.25) is 0 Å². The van der Waals surface area contributed by atoms with E-state index < -0.39 is 5.97 Å². The number of aromatic nitrogens is 1. The minimum atomic E-state index is -1.02. The minimum absolute atomic E-state index is 0.133. The average molecular weight is 374 g/mol. The van der Waals surface area contributed by atoms with Crippen LogP contribution in [-0.4, -0.2) is 33.8 Å². The molecular formula is C18H18N2O3S2. The van der Waals surface area contributed by atoms with E-state index in [2.05, 4.69) is 9.98 Å². The van der Waals surface area contributed by atoms with Gasteiger partial charge in [-0.25, -0.2) is 9.79 Å². The Hall–Kier alpha value is -2.25. The molecule has 1 aromatic heterocycles. The molecule has 0 spiro atoms. The lowest BCUT2D eigenvalue weighted by atomic mass is 10.0. The summed E-state index contributed by atoms with van der Waals surface area (Å²) >= 11 is 3.10. The molecular weight excluding hydrogens is 356 g/mol. The van der Waals surface area contributed by atoms with Crippen LogP contribution in [0.2, 0.25) is 0 Å². The largest absolute Gasteiger partial charge is 0.503 e. The first-order valence-corrected chi connectivity index (χ1v) is 9.56. The van der Waals surface area contributed by atoms with Crippen molar-refractivity contribution >= 4 is 45.1 Å². The van der Waals surface area contributed by atoms with Gasteiger partial charge >= 0.3 is 5.97 Å². The van der Waals surface area contributed by atoms with Gasteiger partial charge in [-0.3, -0.25) is 4.98 Å². The quantitative estimate of drug-likeness (QED) is 0.349. The molecule has 0 saturated heterocycles. The van der Waals surface area contributed by atoms with Crippen molar-refractivity contribution in [1.29, 1.82) is 0 Å². The third-order valence-corrected chi connectivity index (χ3v) is 5.25. The van der Waals surface area contributed by atoms with E-state index in [1.807, 2.05) is 36.6 Å². The molecule has 5 nitrogen and oxygen atoms in total. The van der Waals surface area contributed by atoms with E-state index in [9.17, 15) is 9.90 Å². The second kappa shape index (κ2) is 9.90. The number of thioether (sulfide) groups is 2. The molecule has 0 atom stereocenters. The molecule has 0 aliphatic rings. The summed E-state index contributed by atoms with van der Waals surface area (Å²) in [5.74, 6) is -0.418. The number of pyridine rings is 1. The summed E-state index contributed by atoms with van der Waals surface area (Å²) in [5.41, 5.74) is 2.48. The smallest absolute Gasteiger partial charge is 0.339 e. The first-order chi connectivity index (χ1) is 12.2. The third kappa shape index (κ3) is 5.65. The van der Waals surface area contributed by atoms with Crippen molar-refractivity contribution in [1.82, 2.24) is 4.98 Å². The molecule has 0 aliphatic carbocycles. The Labute approximate surface area is 155 Å². The molecule has 0 amide bonds. The van der Waals surface area contributed by atoms with Gasteiger partial charge in [0.1, 0.15) is 9.95 Å². The summed E-state index contributed by atoms with van der Waals surface area (Å²) < 4.78 is 5.80. The molecule has 2 rings (SSSR count). The van der Waals surface area contributed by atoms with Crippen molar-refractivity contribution in [2.24, 2.45) is 4.99 Å². The van der Waals surface area contributed by atoms with Gasteiger partial charge in [-0.15, -0.1) is 11.8 Å². The number of hydrogen-bond donors (Lipinski definition) is 1. The van der Waals surface area contributed by atoms with Crippen molar-refractivity contribution in [3.05, 3.63) is 66.2 Å². The zero-order valence-corrected chi connectivity index (χ0v) is 15.5. The summed E-state index contributed by atoms with van der Waals surface area (Å²) in [4.78, 5) is 20.1. The lowest BCUT2D eigenvalue weighted by Gasteiger charge is -2.10. The summed E-state index contributed by atoms with van der Waals surface area (Å²) in [6.07, 6.45) is 6.62. The van der Waals surface area contributed by atoms with Crippen molar-refractivity contribution in [3.63, 3.8) is 0 Å². The topological polar surface area (TPSA) is 71.8 Å². The Balaban J connectivity index is 2.22. The molecule has 1 N–H and O–H groups in total. The SMILES string of the molecule is CO/C=C(/C(=O)O)c1ccccc1CS/C(=N/c1cccnc1)SC. The summed E-state index contributed by atoms with van der Waals surface area (Å²) in [7, 11) is 1.44. The normalized spacial score (nSPS) is 12.1. The van der Waals surface area contributed by atoms with Gasteiger partial charge in [-0.2, -0.15) is 0 Å². The minimum Gasteiger partial charge on any atom is -0.503 e. The Morgan fingerprint density at radius 3 is 2.76 bits per heavy atom. The molecule has 1 heterocycles. The highest BCUT2D eigenvalue weighted by atomic mass is 32.2. The maximum absolute atomic E-state index is 11.5. The fraction of sp³-hybridized carbons (Fsp3) is 0.167. The highest BCUT2D eigenvalue weighted by molar-refractivity contribution is 8.38. The average Bonchev–Trinajstić information content (AvgIpc) is 2.64. The Kier molecular flexibility index (Phi) is 7.56. The molecule has 0 radical (unpaired) electrons. The molecule has 130 valence electrons. The maximum atomic E-state index is 11.5. The van der Waals surface area contributed by atoms with Crippen LogP contribution in [0.5, 0.6) is 0 Å². The van der Waals surface area contributed by atoms with Crippen molar-refractivity contribution < 1.29 is 14.6 Å². The van der Waals surface area contributed by atoms with Crippen LogP contribution in [0.4, 0.5) is 5.69 Å². The molecule has 25 heavy (non-hydrogen) atoms. The van der Waals surface area contributed by atoms with Crippen molar-refractivity contribution in [2.45, 2.75) is 5.75 Å². The number of benzene rings is 1. The number of methoxy groups -OCH3 is 1. The van der Waals surface area contributed by atoms with E-state index in [4.69, 9.17) is 4.74 Å². The standard InChI is InChI=1S/C18H18N2O3S2/c1-23-11-16(17(21)22)15-8-4-3-6-13(15)12-25-18(24-2)20-14-7-5-9-19-10-14/h3-11H,12H2,1-2H3,(H,21,22)/b16-11+,20-18+. The Morgan fingerprint density at radius 2 is 2.12 bits per heavy atom. The number of aliphatic imine (C=N–C) groups is 1. The number of ether oxygens (including phenoxy) is 1. The number of hydrogen-bond acceptors (Lipinski definition) is 6. The number of carboxylic acid groups (broad SMARTS) is 1. The van der Waals surface area contributed by atoms with Gasteiger partial charge < -0.3 is 9.84 Å². The van der Waals surface area contributed by atoms with E-state index in [1.54, 1.807) is 42.0 Å². The lowest BCUT2D eigenvalue weighted by molar-refractivity contribution is -0.130. The highest BCUT2D eigenvalue weighted by Crippen LogP contribution is 2.28. The summed E-state index contributed by atoms with van der Waals surface area (Å²) in [5, 5.41) is 9.41. The van der Waals surface area contributed by atoms with Gasteiger partial charge in [-0.1, -0.05) is 36.0 Å². The number of nitrogens with zero attached hydrogens (tertiary/aromatic N) is 2. The zero-order valence-electron chi connectivity index (χ0n) is 13.9. The number of rotatable bonds is 6. The Bertz CT molecular complexity index is 777. The van der Waals surface area contributed by atoms with Crippen LogP contribution < -0.4 is 0 Å². The van der Waals surface area contributed by atoms with Gasteiger partial charge in [0.05, 0.1) is 25.3 Å². The highest BCUT2D eigenvalue weighted by Gasteiger charge is 2.15. The molecule has 0 aliphatic heterocycles. The molecule has 2 aromatic rings. The first-order valence-electron chi connectivity index (χ1n) is 7.35. The van der Waals surface area contributed by atoms with Crippen molar-refractivity contribution in [3.8, 4) is 0 Å². The van der Waals surface area contributed by atoms with Gasteiger partial charge in [0.25, 0.3) is 0 Å². The molecule has 0 unspecified atom stereocenters. The van der Waals surface area contributed by atoms with E-state index in [0.717, 1.165) is 15.6 Å². The summed E-state index contributed by atoms with van der Waals surface area (Å²) in [6.45, 7) is 0. The monoisotopic (exact) mass is 374 g/mol. The van der Waals surface area contributed by atoms with Crippen LogP contribution in [0.1, 0.15) is 11.1 Å². The fourth-order valence-corrected chi connectivity index (χ4v) is 3.60. The number of carboxylic acids is 1. The predicted octanol–water partition coefficient (Wildman–Crippen LogP) is 4.44. The second-order valence-electron chi connectivity index (χ2n) is 4.81. The van der Waals surface area contributed by atoms with Crippen LogP contribution in [-0.2, 0) is 15.3 Å². The predicted molar refractivity (Wildman–Crippen MR) is 105 cm³/mol. The van der Waals surface area contributed by atoms with E-state index in [0.29, 0.717) is 11.3 Å². The Morgan fingerprint density at radius 1 is 1.32 bits per heavy atom. The molecule has 0 saturated carbocycles. The van der Waals surface area contributed by atoms with E-state index in [-0.39, 0.29) is 5.57 Å². The number of aliphatic carboxylic acids is 1. The molecule has 0 bridgehead atoms. The van der Waals surface area contributed by atoms with Crippen LogP contribution in [0.25, 0.3) is 5.57 Å².